The maximum Gasteiger partial charge on any atom is 0.325 e. The number of carbonyl (C=O) groups excluding carboxylic acids is 2. The molecule has 25 heavy (non-hydrogen) atoms. The van der Waals surface area contributed by atoms with Crippen LogP contribution in [-0.2, 0) is 16.9 Å². The molecule has 0 spiro atoms. The normalized spacial score (nSPS) is 20.1. The third kappa shape index (κ3) is 2.87. The molecule has 2 aromatic carbocycles. The molecule has 1 aliphatic rings. The lowest BCUT2D eigenvalue weighted by Crippen LogP contribution is -2.43. The molecule has 3 rings (SSSR count). The molecule has 1 aliphatic heterocycles. The Kier molecular flexibility index (Phi) is 4.47. The lowest BCUT2D eigenvalue weighted by atomic mass is 9.87. The van der Waals surface area contributed by atoms with Crippen LogP contribution in [0.1, 0.15) is 24.5 Å². The van der Waals surface area contributed by atoms with Crippen molar-refractivity contribution in [3.05, 3.63) is 70.2 Å². The number of nitrogens with one attached hydrogen (secondary N) is 1. The third-order valence-electron chi connectivity index (χ3n) is 4.40. The number of carbonyl (C=O) groups is 2. The van der Waals surface area contributed by atoms with Gasteiger partial charge in [0.15, 0.2) is 11.6 Å². The van der Waals surface area contributed by atoms with Gasteiger partial charge in [-0.3, -0.25) is 9.69 Å². The summed E-state index contributed by atoms with van der Waals surface area (Å²) in [5, 5.41) is 3.19. The highest BCUT2D eigenvalue weighted by Gasteiger charge is 2.51. The summed E-state index contributed by atoms with van der Waals surface area (Å²) in [5.74, 6) is -2.60. The maximum absolute atomic E-state index is 13.9. The van der Waals surface area contributed by atoms with Crippen molar-refractivity contribution in [3.8, 4) is 0 Å². The van der Waals surface area contributed by atoms with Gasteiger partial charge in [0.2, 0.25) is 0 Å². The van der Waals surface area contributed by atoms with Crippen LogP contribution in [0.3, 0.4) is 0 Å². The van der Waals surface area contributed by atoms with Crippen LogP contribution in [0.5, 0.6) is 0 Å². The summed E-state index contributed by atoms with van der Waals surface area (Å²) in [6, 6.07) is 9.59. The van der Waals surface area contributed by atoms with Crippen LogP contribution in [0.4, 0.5) is 13.6 Å². The van der Waals surface area contributed by atoms with Crippen LogP contribution in [0.15, 0.2) is 42.5 Å². The molecule has 0 radical (unpaired) electrons. The molecular formula is C18H15ClF2N2O2. The number of urea groups is 1. The molecule has 0 saturated carbocycles. The second-order valence-corrected chi connectivity index (χ2v) is 6.24. The molecule has 0 aromatic heterocycles. The van der Waals surface area contributed by atoms with Crippen LogP contribution in [-0.4, -0.2) is 16.8 Å². The van der Waals surface area contributed by atoms with E-state index in [1.54, 1.807) is 31.2 Å². The molecule has 7 heteroatoms. The van der Waals surface area contributed by atoms with Crippen LogP contribution >= 0.6 is 11.6 Å². The Balaban J connectivity index is 1.96. The van der Waals surface area contributed by atoms with E-state index in [-0.39, 0.29) is 12.1 Å². The molecular weight excluding hydrogens is 350 g/mol. The zero-order valence-electron chi connectivity index (χ0n) is 13.4. The van der Waals surface area contributed by atoms with E-state index in [1.165, 1.54) is 12.1 Å². The second-order valence-electron chi connectivity index (χ2n) is 5.80. The molecule has 1 fully saturated rings. The van der Waals surface area contributed by atoms with Crippen molar-refractivity contribution in [3.63, 3.8) is 0 Å². The van der Waals surface area contributed by atoms with Gasteiger partial charge in [-0.2, -0.15) is 0 Å². The van der Waals surface area contributed by atoms with E-state index >= 15 is 0 Å². The Morgan fingerprint density at radius 2 is 1.80 bits per heavy atom. The SMILES string of the molecule is CCC1(c2ccc(Cl)cc2)NC(=O)N(Cc2cccc(F)c2F)C1=O. The molecule has 0 aliphatic carbocycles. The number of benzene rings is 2. The molecule has 2 aromatic rings. The Hall–Kier alpha value is -2.47. The zero-order valence-corrected chi connectivity index (χ0v) is 14.1. The quantitative estimate of drug-likeness (QED) is 0.834. The topological polar surface area (TPSA) is 49.4 Å². The highest BCUT2D eigenvalue weighted by molar-refractivity contribution is 6.30. The van der Waals surface area contributed by atoms with Gasteiger partial charge in [-0.15, -0.1) is 0 Å². The number of imide groups is 1. The number of amides is 3. The monoisotopic (exact) mass is 364 g/mol. The maximum atomic E-state index is 13.9. The fourth-order valence-electron chi connectivity index (χ4n) is 2.98. The average molecular weight is 365 g/mol. The highest BCUT2D eigenvalue weighted by atomic mass is 35.5. The van der Waals surface area contributed by atoms with E-state index in [0.717, 1.165) is 11.0 Å². The van der Waals surface area contributed by atoms with Gasteiger partial charge >= 0.3 is 6.03 Å². The summed E-state index contributed by atoms with van der Waals surface area (Å²) in [7, 11) is 0. The fraction of sp³-hybridized carbons (Fsp3) is 0.222. The van der Waals surface area contributed by atoms with Gasteiger partial charge in [0.25, 0.3) is 5.91 Å². The lowest BCUT2D eigenvalue weighted by Gasteiger charge is -2.26. The summed E-state index contributed by atoms with van der Waals surface area (Å²) >= 11 is 5.88. The Labute approximate surface area is 148 Å². The largest absolute Gasteiger partial charge is 0.325 e. The van der Waals surface area contributed by atoms with Gasteiger partial charge in [-0.25, -0.2) is 13.6 Å². The second kappa shape index (κ2) is 6.44. The van der Waals surface area contributed by atoms with Gasteiger partial charge in [0, 0.05) is 10.6 Å². The van der Waals surface area contributed by atoms with E-state index in [9.17, 15) is 18.4 Å². The molecule has 1 unspecified atom stereocenters. The summed E-state index contributed by atoms with van der Waals surface area (Å²) in [4.78, 5) is 26.2. The van der Waals surface area contributed by atoms with Crippen LogP contribution < -0.4 is 5.32 Å². The summed E-state index contributed by atoms with van der Waals surface area (Å²) in [6.07, 6.45) is 0.307. The highest BCUT2D eigenvalue weighted by Crippen LogP contribution is 2.34. The van der Waals surface area contributed by atoms with Crippen molar-refractivity contribution < 1.29 is 18.4 Å². The van der Waals surface area contributed by atoms with E-state index < -0.39 is 29.1 Å². The molecule has 1 heterocycles. The first-order valence-electron chi connectivity index (χ1n) is 7.72. The molecule has 130 valence electrons. The summed E-state index contributed by atoms with van der Waals surface area (Å²) in [5.41, 5.74) is -0.725. The molecule has 1 saturated heterocycles. The van der Waals surface area contributed by atoms with Crippen molar-refractivity contribution in [2.24, 2.45) is 0 Å². The minimum atomic E-state index is -1.24. The first-order valence-corrected chi connectivity index (χ1v) is 8.10. The van der Waals surface area contributed by atoms with Gasteiger partial charge in [0.05, 0.1) is 6.54 Å². The van der Waals surface area contributed by atoms with Crippen molar-refractivity contribution in [1.82, 2.24) is 10.2 Å². The van der Waals surface area contributed by atoms with Crippen molar-refractivity contribution in [1.29, 1.82) is 0 Å². The molecule has 3 amide bonds. The predicted molar refractivity (Wildman–Crippen MR) is 88.9 cm³/mol. The van der Waals surface area contributed by atoms with E-state index in [4.69, 9.17) is 11.6 Å². The first-order chi connectivity index (χ1) is 11.9. The lowest BCUT2D eigenvalue weighted by molar-refractivity contribution is -0.132. The molecule has 1 N–H and O–H groups in total. The van der Waals surface area contributed by atoms with Gasteiger partial charge in [-0.1, -0.05) is 42.8 Å². The average Bonchev–Trinajstić information content (AvgIpc) is 2.84. The molecule has 1 atom stereocenters. The van der Waals surface area contributed by atoms with Gasteiger partial charge in [0.1, 0.15) is 5.54 Å². The predicted octanol–water partition coefficient (Wildman–Crippen LogP) is 3.98. The Morgan fingerprint density at radius 3 is 2.44 bits per heavy atom. The number of halogens is 3. The van der Waals surface area contributed by atoms with Crippen LogP contribution in [0.2, 0.25) is 5.02 Å². The molecule has 4 nitrogen and oxygen atoms in total. The van der Waals surface area contributed by atoms with Crippen molar-refractivity contribution in [2.45, 2.75) is 25.4 Å². The number of hydrogen-bond donors (Lipinski definition) is 1. The Bertz CT molecular complexity index is 841. The number of rotatable bonds is 4. The third-order valence-corrected chi connectivity index (χ3v) is 4.66. The fourth-order valence-corrected chi connectivity index (χ4v) is 3.11. The zero-order chi connectivity index (χ0) is 18.2. The summed E-state index contributed by atoms with van der Waals surface area (Å²) < 4.78 is 27.3. The molecule has 0 bridgehead atoms. The number of hydrogen-bond acceptors (Lipinski definition) is 2. The summed E-state index contributed by atoms with van der Waals surface area (Å²) in [6.45, 7) is 1.42. The smallest absolute Gasteiger partial charge is 0.319 e. The number of nitrogens with zero attached hydrogens (tertiary/aromatic N) is 1. The first kappa shape index (κ1) is 17.4. The minimum Gasteiger partial charge on any atom is -0.319 e. The Morgan fingerprint density at radius 1 is 1.12 bits per heavy atom. The van der Waals surface area contributed by atoms with E-state index in [1.807, 2.05) is 0 Å². The van der Waals surface area contributed by atoms with Gasteiger partial charge < -0.3 is 5.32 Å². The van der Waals surface area contributed by atoms with Crippen molar-refractivity contribution >= 4 is 23.5 Å². The standard InChI is InChI=1S/C18H15ClF2N2O2/c1-2-18(12-6-8-13(19)9-7-12)16(24)23(17(25)22-18)10-11-4-3-5-14(20)15(11)21/h3-9H,2,10H2,1H3,(H,22,25). The van der Waals surface area contributed by atoms with Gasteiger partial charge in [-0.05, 0) is 30.2 Å². The van der Waals surface area contributed by atoms with E-state index in [2.05, 4.69) is 5.32 Å². The van der Waals surface area contributed by atoms with E-state index in [0.29, 0.717) is 17.0 Å². The van der Waals surface area contributed by atoms with Crippen molar-refractivity contribution in [2.75, 3.05) is 0 Å². The minimum absolute atomic E-state index is 0.0634. The van der Waals surface area contributed by atoms with Crippen LogP contribution in [0, 0.1) is 11.6 Å². The van der Waals surface area contributed by atoms with Crippen LogP contribution in [0.25, 0.3) is 0 Å².